The molecule has 1 aliphatic heterocycles. The van der Waals surface area contributed by atoms with E-state index >= 15 is 0 Å². The van der Waals surface area contributed by atoms with Crippen molar-refractivity contribution in [2.75, 3.05) is 38.0 Å². The Labute approximate surface area is 238 Å². The molecule has 1 aliphatic rings. The minimum absolute atomic E-state index is 0.101. The Kier molecular flexibility index (Phi) is 9.99. The molecule has 0 fully saturated rings. The van der Waals surface area contributed by atoms with Crippen LogP contribution in [0.4, 0.5) is 11.4 Å². The summed E-state index contributed by atoms with van der Waals surface area (Å²) in [5.41, 5.74) is 3.47. The largest absolute Gasteiger partial charge is 0.495 e. The van der Waals surface area contributed by atoms with Crippen molar-refractivity contribution in [3.05, 3.63) is 94.5 Å². The van der Waals surface area contributed by atoms with Gasteiger partial charge in [-0.25, -0.2) is 0 Å². The van der Waals surface area contributed by atoms with E-state index in [1.165, 1.54) is 16.7 Å². The average Bonchev–Trinajstić information content (AvgIpc) is 3.16. The molecular formula is C31H33N3O5S. The monoisotopic (exact) mass is 559 g/mol. The molecule has 3 aromatic carbocycles. The van der Waals surface area contributed by atoms with Crippen LogP contribution in [0.25, 0.3) is 0 Å². The molecule has 0 saturated carbocycles. The fraction of sp³-hybridized carbons (Fsp3) is 0.258. The van der Waals surface area contributed by atoms with Gasteiger partial charge in [-0.05, 0) is 61.2 Å². The molecule has 0 unspecified atom stereocenters. The van der Waals surface area contributed by atoms with Gasteiger partial charge in [0, 0.05) is 37.3 Å². The van der Waals surface area contributed by atoms with Crippen molar-refractivity contribution in [3.8, 4) is 5.75 Å². The number of hydrogen-bond acceptors (Lipinski definition) is 7. The Bertz CT molecular complexity index is 1410. The van der Waals surface area contributed by atoms with Gasteiger partial charge in [-0.2, -0.15) is 0 Å². The molecule has 1 heterocycles. The van der Waals surface area contributed by atoms with E-state index in [-0.39, 0.29) is 29.0 Å². The Balaban J connectivity index is 1.55. The topological polar surface area (TPSA) is 97.0 Å². The number of amides is 3. The number of hydrogen-bond donors (Lipinski definition) is 2. The van der Waals surface area contributed by atoms with Crippen LogP contribution in [0.2, 0.25) is 0 Å². The first-order valence-corrected chi connectivity index (χ1v) is 13.8. The minimum atomic E-state index is -0.405. The summed E-state index contributed by atoms with van der Waals surface area (Å²) in [6.45, 7) is 2.61. The summed E-state index contributed by atoms with van der Waals surface area (Å²) in [4.78, 5) is 41.7. The lowest BCUT2D eigenvalue weighted by atomic mass is 10.1. The van der Waals surface area contributed by atoms with Crippen LogP contribution in [-0.4, -0.2) is 50.0 Å². The Morgan fingerprint density at radius 1 is 0.950 bits per heavy atom. The van der Waals surface area contributed by atoms with Crippen LogP contribution in [0.1, 0.15) is 24.0 Å². The number of nitrogens with zero attached hydrogens (tertiary/aromatic N) is 1. The second-order valence-corrected chi connectivity index (χ2v) is 10.4. The van der Waals surface area contributed by atoms with Gasteiger partial charge in [0.05, 0.1) is 12.8 Å². The van der Waals surface area contributed by atoms with Gasteiger partial charge in [0.1, 0.15) is 16.4 Å². The number of anilines is 2. The first-order valence-electron chi connectivity index (χ1n) is 13.0. The summed E-state index contributed by atoms with van der Waals surface area (Å²) in [6.07, 6.45) is 1.51. The number of imide groups is 1. The number of rotatable bonds is 13. The van der Waals surface area contributed by atoms with Crippen LogP contribution in [0, 0.1) is 6.92 Å². The molecule has 3 amide bonds. The standard InChI is InChI=1S/C31H33N3O5S/c1-21-13-15-26(39-3)25(19-21)33-28-29(31(37)34(30(28)36)17-8-18-38-2)40-24-12-7-11-23(20-24)32-27(35)16-14-22-9-5-4-6-10-22/h4-7,9-13,15,19-20,33H,8,14,16-18H2,1-3H3,(H,32,35). The molecule has 8 nitrogen and oxygen atoms in total. The molecule has 0 radical (unpaired) electrons. The first kappa shape index (κ1) is 28.9. The predicted molar refractivity (Wildman–Crippen MR) is 157 cm³/mol. The van der Waals surface area contributed by atoms with Crippen LogP contribution in [0.3, 0.4) is 0 Å². The van der Waals surface area contributed by atoms with Crippen LogP contribution < -0.4 is 15.4 Å². The van der Waals surface area contributed by atoms with E-state index in [0.29, 0.717) is 47.9 Å². The SMILES string of the molecule is COCCCN1C(=O)C(Nc2cc(C)ccc2OC)=C(Sc2cccc(NC(=O)CCc3ccccc3)c2)C1=O. The number of benzene rings is 3. The van der Waals surface area contributed by atoms with Crippen molar-refractivity contribution in [1.82, 2.24) is 4.90 Å². The zero-order chi connectivity index (χ0) is 28.5. The predicted octanol–water partition coefficient (Wildman–Crippen LogP) is 5.40. The van der Waals surface area contributed by atoms with E-state index in [4.69, 9.17) is 9.47 Å². The van der Waals surface area contributed by atoms with E-state index in [2.05, 4.69) is 10.6 Å². The van der Waals surface area contributed by atoms with Crippen molar-refractivity contribution in [3.63, 3.8) is 0 Å². The molecule has 0 saturated heterocycles. The molecule has 40 heavy (non-hydrogen) atoms. The number of ether oxygens (including phenoxy) is 2. The van der Waals surface area contributed by atoms with Gasteiger partial charge >= 0.3 is 0 Å². The highest BCUT2D eigenvalue weighted by Gasteiger charge is 2.39. The third-order valence-corrected chi connectivity index (χ3v) is 7.36. The molecular weight excluding hydrogens is 526 g/mol. The smallest absolute Gasteiger partial charge is 0.278 e. The molecule has 2 N–H and O–H groups in total. The summed E-state index contributed by atoms with van der Waals surface area (Å²) in [5.74, 6) is -0.327. The van der Waals surface area contributed by atoms with Gasteiger partial charge in [0.25, 0.3) is 11.8 Å². The van der Waals surface area contributed by atoms with Crippen molar-refractivity contribution >= 4 is 40.9 Å². The number of methoxy groups -OCH3 is 2. The van der Waals surface area contributed by atoms with Crippen LogP contribution in [0.5, 0.6) is 5.75 Å². The molecule has 0 aliphatic carbocycles. The molecule has 0 bridgehead atoms. The number of nitrogens with one attached hydrogen (secondary N) is 2. The van der Waals surface area contributed by atoms with Gasteiger partial charge in [0.15, 0.2) is 0 Å². The molecule has 0 atom stereocenters. The normalized spacial score (nSPS) is 13.1. The molecule has 9 heteroatoms. The average molecular weight is 560 g/mol. The molecule has 0 aromatic heterocycles. The van der Waals surface area contributed by atoms with Gasteiger partial charge in [-0.1, -0.05) is 54.2 Å². The van der Waals surface area contributed by atoms with Crippen molar-refractivity contribution in [2.45, 2.75) is 31.1 Å². The molecule has 4 rings (SSSR count). The number of thioether (sulfide) groups is 1. The number of carbonyl (C=O) groups is 3. The van der Waals surface area contributed by atoms with Crippen LogP contribution in [0.15, 0.2) is 88.3 Å². The lowest BCUT2D eigenvalue weighted by Gasteiger charge is -2.15. The maximum Gasteiger partial charge on any atom is 0.278 e. The highest BCUT2D eigenvalue weighted by Crippen LogP contribution is 2.38. The zero-order valence-corrected chi connectivity index (χ0v) is 23.7. The molecule has 208 valence electrons. The third kappa shape index (κ3) is 7.31. The summed E-state index contributed by atoms with van der Waals surface area (Å²) < 4.78 is 10.6. The van der Waals surface area contributed by atoms with E-state index in [1.54, 1.807) is 26.4 Å². The van der Waals surface area contributed by atoms with Crippen LogP contribution in [-0.2, 0) is 25.5 Å². The maximum atomic E-state index is 13.5. The summed E-state index contributed by atoms with van der Waals surface area (Å²) in [5, 5.41) is 6.11. The quantitative estimate of drug-likeness (QED) is 0.214. The zero-order valence-electron chi connectivity index (χ0n) is 22.9. The Morgan fingerprint density at radius 2 is 1.75 bits per heavy atom. The van der Waals surface area contributed by atoms with E-state index in [1.807, 2.05) is 67.6 Å². The first-order chi connectivity index (χ1) is 19.4. The summed E-state index contributed by atoms with van der Waals surface area (Å²) in [6, 6.07) is 22.7. The van der Waals surface area contributed by atoms with Crippen molar-refractivity contribution < 1.29 is 23.9 Å². The van der Waals surface area contributed by atoms with E-state index < -0.39 is 5.91 Å². The van der Waals surface area contributed by atoms with Gasteiger partial charge < -0.3 is 20.1 Å². The van der Waals surface area contributed by atoms with E-state index in [9.17, 15) is 14.4 Å². The van der Waals surface area contributed by atoms with Crippen LogP contribution >= 0.6 is 11.8 Å². The van der Waals surface area contributed by atoms with Gasteiger partial charge in [0.2, 0.25) is 5.91 Å². The molecule has 0 spiro atoms. The lowest BCUT2D eigenvalue weighted by Crippen LogP contribution is -2.33. The summed E-state index contributed by atoms with van der Waals surface area (Å²) in [7, 11) is 3.13. The lowest BCUT2D eigenvalue weighted by molar-refractivity contribution is -0.137. The highest BCUT2D eigenvalue weighted by molar-refractivity contribution is 8.04. The minimum Gasteiger partial charge on any atom is -0.495 e. The van der Waals surface area contributed by atoms with Gasteiger partial charge in [-0.15, -0.1) is 0 Å². The number of carbonyl (C=O) groups excluding carboxylic acids is 3. The van der Waals surface area contributed by atoms with Crippen molar-refractivity contribution in [1.29, 1.82) is 0 Å². The van der Waals surface area contributed by atoms with Gasteiger partial charge in [-0.3, -0.25) is 19.3 Å². The van der Waals surface area contributed by atoms with E-state index in [0.717, 1.165) is 11.1 Å². The highest BCUT2D eigenvalue weighted by atomic mass is 32.2. The van der Waals surface area contributed by atoms with Crippen molar-refractivity contribution in [2.24, 2.45) is 0 Å². The molecule has 3 aromatic rings. The fourth-order valence-corrected chi connectivity index (χ4v) is 5.27. The maximum absolute atomic E-state index is 13.5. The Hall–Kier alpha value is -4.08. The fourth-order valence-electron chi connectivity index (χ4n) is 4.26. The second kappa shape index (κ2) is 13.8. The number of aryl methyl sites for hydroxylation is 2. The summed E-state index contributed by atoms with van der Waals surface area (Å²) >= 11 is 1.18. The third-order valence-electron chi connectivity index (χ3n) is 6.29. The second-order valence-electron chi connectivity index (χ2n) is 9.30. The Morgan fingerprint density at radius 3 is 2.50 bits per heavy atom.